The Balaban J connectivity index is 0.00000529. The smallest absolute Gasteiger partial charge is 0.251 e. The molecule has 1 heterocycles. The molecule has 4 N–H and O–H groups in total. The van der Waals surface area contributed by atoms with Crippen molar-refractivity contribution in [2.75, 3.05) is 42.1 Å². The van der Waals surface area contributed by atoms with E-state index in [1.807, 2.05) is 31.2 Å². The molecule has 1 aliphatic rings. The number of anilines is 2. The minimum absolute atomic E-state index is 0. The highest BCUT2D eigenvalue weighted by Crippen LogP contribution is 2.28. The summed E-state index contributed by atoms with van der Waals surface area (Å²) in [5.74, 6) is -1.38. The van der Waals surface area contributed by atoms with Crippen LogP contribution < -0.4 is 25.0 Å². The molecular formula is C31H39ClF2N4O5S. The van der Waals surface area contributed by atoms with E-state index in [2.05, 4.69) is 16.0 Å². The van der Waals surface area contributed by atoms with E-state index in [0.717, 1.165) is 23.8 Å². The lowest BCUT2D eigenvalue weighted by Gasteiger charge is -2.29. The van der Waals surface area contributed by atoms with Crippen LogP contribution in [0.5, 0.6) is 5.75 Å². The summed E-state index contributed by atoms with van der Waals surface area (Å²) in [5.41, 5.74) is 2.29. The molecule has 1 fully saturated rings. The lowest BCUT2D eigenvalue weighted by atomic mass is 9.99. The van der Waals surface area contributed by atoms with Gasteiger partial charge in [-0.2, -0.15) is 0 Å². The molecular weight excluding hydrogens is 614 g/mol. The first-order valence-corrected chi connectivity index (χ1v) is 15.9. The molecule has 0 spiro atoms. The molecule has 0 bridgehead atoms. The van der Waals surface area contributed by atoms with E-state index >= 15 is 0 Å². The minimum atomic E-state index is -3.53. The molecule has 2 atom stereocenters. The number of aliphatic hydroxyl groups excluding tert-OH is 1. The van der Waals surface area contributed by atoms with Crippen LogP contribution >= 0.6 is 12.4 Å². The van der Waals surface area contributed by atoms with Crippen LogP contribution in [0.1, 0.15) is 41.3 Å². The second-order valence-corrected chi connectivity index (χ2v) is 12.5. The van der Waals surface area contributed by atoms with Crippen molar-refractivity contribution in [3.05, 3.63) is 89.0 Å². The van der Waals surface area contributed by atoms with Crippen molar-refractivity contribution < 1.29 is 31.8 Å². The van der Waals surface area contributed by atoms with E-state index in [1.54, 1.807) is 19.2 Å². The number of benzene rings is 3. The Morgan fingerprint density at radius 2 is 1.80 bits per heavy atom. The van der Waals surface area contributed by atoms with E-state index in [1.165, 1.54) is 10.4 Å². The number of amides is 1. The van der Waals surface area contributed by atoms with Crippen LogP contribution in [0, 0.1) is 11.6 Å². The normalized spacial score (nSPS) is 15.5. The third kappa shape index (κ3) is 9.52. The van der Waals surface area contributed by atoms with Gasteiger partial charge in [-0.05, 0) is 79.8 Å². The van der Waals surface area contributed by atoms with Gasteiger partial charge in [0.05, 0.1) is 30.7 Å². The number of sulfonamides is 1. The zero-order chi connectivity index (χ0) is 31.0. The molecule has 1 saturated heterocycles. The van der Waals surface area contributed by atoms with E-state index in [4.69, 9.17) is 4.74 Å². The van der Waals surface area contributed by atoms with Crippen LogP contribution in [-0.2, 0) is 23.0 Å². The van der Waals surface area contributed by atoms with Gasteiger partial charge in [0.15, 0.2) is 0 Å². The maximum atomic E-state index is 14.0. The van der Waals surface area contributed by atoms with Crippen LogP contribution in [0.3, 0.4) is 0 Å². The van der Waals surface area contributed by atoms with Crippen LogP contribution in [0.2, 0.25) is 0 Å². The average molecular weight is 653 g/mol. The molecule has 3 aromatic rings. The first kappa shape index (κ1) is 35.0. The number of rotatable bonds is 13. The number of aliphatic hydroxyl groups is 1. The molecule has 1 aliphatic heterocycles. The van der Waals surface area contributed by atoms with Crippen molar-refractivity contribution in [2.24, 2.45) is 0 Å². The van der Waals surface area contributed by atoms with E-state index < -0.39 is 39.7 Å². The minimum Gasteiger partial charge on any atom is -0.497 e. The van der Waals surface area contributed by atoms with Gasteiger partial charge in [-0.3, -0.25) is 9.10 Å². The lowest BCUT2D eigenvalue weighted by Crippen LogP contribution is -2.48. The lowest BCUT2D eigenvalue weighted by molar-refractivity contribution is 0.0830. The van der Waals surface area contributed by atoms with Gasteiger partial charge < -0.3 is 25.8 Å². The highest BCUT2D eigenvalue weighted by molar-refractivity contribution is 7.92. The number of carbonyl (C=O) groups excluding carboxylic acids is 1. The van der Waals surface area contributed by atoms with Crippen LogP contribution in [0.15, 0.2) is 60.7 Å². The summed E-state index contributed by atoms with van der Waals surface area (Å²) in [6, 6.07) is 14.3. The van der Waals surface area contributed by atoms with Crippen LogP contribution in [-0.4, -0.2) is 64.1 Å². The monoisotopic (exact) mass is 652 g/mol. The fourth-order valence-electron chi connectivity index (χ4n) is 5.08. The largest absolute Gasteiger partial charge is 0.497 e. The van der Waals surface area contributed by atoms with Crippen LogP contribution in [0.4, 0.5) is 20.2 Å². The quantitative estimate of drug-likeness (QED) is 0.218. The Morgan fingerprint density at radius 3 is 2.48 bits per heavy atom. The molecule has 4 rings (SSSR count). The Bertz CT molecular complexity index is 1510. The maximum Gasteiger partial charge on any atom is 0.251 e. The highest BCUT2D eigenvalue weighted by Gasteiger charge is 2.28. The molecule has 9 nitrogen and oxygen atoms in total. The van der Waals surface area contributed by atoms with Crippen molar-refractivity contribution in [3.63, 3.8) is 0 Å². The zero-order valence-electron chi connectivity index (χ0n) is 24.7. The Kier molecular flexibility index (Phi) is 12.8. The van der Waals surface area contributed by atoms with Gasteiger partial charge in [0.2, 0.25) is 10.0 Å². The zero-order valence-corrected chi connectivity index (χ0v) is 26.3. The number of hydrogen-bond acceptors (Lipinski definition) is 7. The summed E-state index contributed by atoms with van der Waals surface area (Å²) < 4.78 is 60.1. The number of nitrogens with zero attached hydrogens (tertiary/aromatic N) is 1. The summed E-state index contributed by atoms with van der Waals surface area (Å²) in [6.45, 7) is 3.21. The molecule has 0 radical (unpaired) electrons. The average Bonchev–Trinajstić information content (AvgIpc) is 2.96. The first-order chi connectivity index (χ1) is 20.6. The number of carbonyl (C=O) groups is 1. The van der Waals surface area contributed by atoms with E-state index in [-0.39, 0.29) is 42.3 Å². The molecule has 1 amide bonds. The van der Waals surface area contributed by atoms with Crippen molar-refractivity contribution in [3.8, 4) is 5.75 Å². The van der Waals surface area contributed by atoms with Gasteiger partial charge in [0.1, 0.15) is 17.4 Å². The molecule has 0 aromatic heterocycles. The van der Waals surface area contributed by atoms with Crippen molar-refractivity contribution in [1.29, 1.82) is 0 Å². The second-order valence-electron chi connectivity index (χ2n) is 10.5. The predicted octanol–water partition coefficient (Wildman–Crippen LogP) is 4.25. The highest BCUT2D eigenvalue weighted by atomic mass is 35.5. The third-order valence-corrected chi connectivity index (χ3v) is 9.04. The standard InChI is InChI=1S/C31H38F2N4O5S.ClH/c1-3-35-26-15-23(16-27(18-26)37-9-4-5-10-43(37,40)41)31(39)36-29(14-22-11-24(32)17-25(33)12-22)30(38)20-34-19-21-7-6-8-28(13-21)42-2;/h6-8,11-13,15-18,29-30,34-35,38H,3-5,9-10,14,19-20H2,1-2H3,(H,36,39);1H/t29-,30+;/m0./s1. The molecule has 0 aliphatic carbocycles. The van der Waals surface area contributed by atoms with Gasteiger partial charge in [-0.25, -0.2) is 17.2 Å². The predicted molar refractivity (Wildman–Crippen MR) is 170 cm³/mol. The van der Waals surface area contributed by atoms with E-state index in [9.17, 15) is 27.1 Å². The van der Waals surface area contributed by atoms with Crippen molar-refractivity contribution in [1.82, 2.24) is 10.6 Å². The molecule has 0 unspecified atom stereocenters. The summed E-state index contributed by atoms with van der Waals surface area (Å²) in [5, 5.41) is 20.3. The second kappa shape index (κ2) is 16.0. The van der Waals surface area contributed by atoms with E-state index in [0.29, 0.717) is 49.6 Å². The molecule has 240 valence electrons. The summed E-state index contributed by atoms with van der Waals surface area (Å²) >= 11 is 0. The molecule has 13 heteroatoms. The van der Waals surface area contributed by atoms with Gasteiger partial charge >= 0.3 is 0 Å². The maximum absolute atomic E-state index is 14.0. The van der Waals surface area contributed by atoms with Crippen LogP contribution in [0.25, 0.3) is 0 Å². The van der Waals surface area contributed by atoms with Gasteiger partial charge in [0.25, 0.3) is 5.91 Å². The number of halogens is 3. The Morgan fingerprint density at radius 1 is 1.05 bits per heavy atom. The van der Waals surface area contributed by atoms with Crippen molar-refractivity contribution in [2.45, 2.75) is 44.9 Å². The van der Waals surface area contributed by atoms with Gasteiger partial charge in [-0.15, -0.1) is 12.4 Å². The first-order valence-electron chi connectivity index (χ1n) is 14.2. The topological polar surface area (TPSA) is 120 Å². The Hall–Kier alpha value is -3.45. The molecule has 3 aromatic carbocycles. The SMILES string of the molecule is CCNc1cc(C(=O)N[C@@H](Cc2cc(F)cc(F)c2)[C@H](O)CNCc2cccc(OC)c2)cc(N2CCCCS2(=O)=O)c1.Cl. The van der Waals surface area contributed by atoms with Crippen molar-refractivity contribution >= 4 is 39.7 Å². The summed E-state index contributed by atoms with van der Waals surface area (Å²) in [4.78, 5) is 13.6. The fourth-order valence-corrected chi connectivity index (χ4v) is 6.70. The van der Waals surface area contributed by atoms with Gasteiger partial charge in [0, 0.05) is 43.5 Å². The number of nitrogens with one attached hydrogen (secondary N) is 3. The number of methoxy groups -OCH3 is 1. The number of ether oxygens (including phenoxy) is 1. The fraction of sp³-hybridized carbons (Fsp3) is 0.387. The summed E-state index contributed by atoms with van der Waals surface area (Å²) in [6.07, 6.45) is 0.0844. The molecule has 44 heavy (non-hydrogen) atoms. The van der Waals surface area contributed by atoms with Gasteiger partial charge in [-0.1, -0.05) is 12.1 Å². The molecule has 0 saturated carbocycles. The number of hydrogen-bond donors (Lipinski definition) is 4. The summed E-state index contributed by atoms with van der Waals surface area (Å²) in [7, 11) is -1.96. The Labute approximate surface area is 263 Å². The third-order valence-electron chi connectivity index (χ3n) is 7.17.